The fraction of sp³-hybridized carbons (Fsp3) is 0.571. The molecule has 0 aliphatic heterocycles. The fourth-order valence-electron chi connectivity index (χ4n) is 0.543. The zero-order valence-electron chi connectivity index (χ0n) is 8.00. The van der Waals surface area contributed by atoms with Crippen molar-refractivity contribution in [2.24, 2.45) is 0 Å². The first-order valence-electron chi connectivity index (χ1n) is 4.05. The minimum atomic E-state index is -4.07. The van der Waals surface area contributed by atoms with Crippen LogP contribution in [0.1, 0.15) is 0 Å². The van der Waals surface area contributed by atoms with E-state index in [1.807, 2.05) is 0 Å². The van der Waals surface area contributed by atoms with Crippen LogP contribution in [-0.2, 0) is 22.9 Å². The summed E-state index contributed by atoms with van der Waals surface area (Å²) < 4.78 is 24.9. The van der Waals surface area contributed by atoms with Crippen molar-refractivity contribution in [2.75, 3.05) is 26.4 Å². The van der Waals surface area contributed by atoms with Crippen LogP contribution in [0.25, 0.3) is 0 Å². The van der Waals surface area contributed by atoms with Crippen LogP contribution >= 0.6 is 7.82 Å². The Morgan fingerprint density at radius 3 is 2.07 bits per heavy atom. The molecule has 8 heteroatoms. The van der Waals surface area contributed by atoms with Gasteiger partial charge in [0.25, 0.3) is 0 Å². The molecule has 0 unspecified atom stereocenters. The minimum Gasteiger partial charge on any atom is -0.394 e. The fourth-order valence-corrected chi connectivity index (χ4v) is 1.63. The molecule has 15 heavy (non-hydrogen) atoms. The first-order valence-corrected chi connectivity index (χ1v) is 5.51. The molecule has 0 atom stereocenters. The van der Waals surface area contributed by atoms with E-state index in [-0.39, 0.29) is 13.2 Å². The number of hydrogen-bond acceptors (Lipinski definition) is 7. The normalized spacial score (nSPS) is 11.1. The zero-order valence-corrected chi connectivity index (χ0v) is 8.89. The largest absolute Gasteiger partial charge is 0.532 e. The summed E-state index contributed by atoms with van der Waals surface area (Å²) in [6, 6.07) is 0. The third kappa shape index (κ3) is 6.38. The maximum absolute atomic E-state index is 11.5. The van der Waals surface area contributed by atoms with E-state index < -0.39 is 27.0 Å². The van der Waals surface area contributed by atoms with Gasteiger partial charge in [0.05, 0.1) is 26.4 Å². The summed E-state index contributed by atoms with van der Waals surface area (Å²) >= 11 is 0. The van der Waals surface area contributed by atoms with Crippen molar-refractivity contribution in [3.05, 3.63) is 12.7 Å². The highest BCUT2D eigenvalue weighted by Gasteiger charge is 2.29. The maximum atomic E-state index is 11.5. The molecule has 0 fully saturated rings. The molecule has 0 amide bonds. The van der Waals surface area contributed by atoms with E-state index in [2.05, 4.69) is 20.2 Å². The average Bonchev–Trinajstić information content (AvgIpc) is 2.23. The molecule has 0 aromatic rings. The van der Waals surface area contributed by atoms with E-state index in [0.717, 1.165) is 6.08 Å². The Kier molecular flexibility index (Phi) is 7.19. The molecular formula is C7H13O7P. The summed E-state index contributed by atoms with van der Waals surface area (Å²) in [6.07, 6.45) is 0.789. The standard InChI is InChI=1S/C7H13O7P/c1-2-7(10)14-15(11,12-5-3-8)13-6-4-9/h2,8-9H,1,3-6H2. The Morgan fingerprint density at radius 1 is 1.27 bits per heavy atom. The van der Waals surface area contributed by atoms with E-state index in [0.29, 0.717) is 0 Å². The van der Waals surface area contributed by atoms with Crippen LogP contribution in [0.15, 0.2) is 12.7 Å². The molecule has 0 aromatic carbocycles. The Hall–Kier alpha value is -0.720. The third-order valence-corrected chi connectivity index (χ3v) is 2.45. The van der Waals surface area contributed by atoms with Crippen molar-refractivity contribution in [2.45, 2.75) is 0 Å². The van der Waals surface area contributed by atoms with Crippen molar-refractivity contribution >= 4 is 13.8 Å². The quantitative estimate of drug-likeness (QED) is 0.449. The van der Waals surface area contributed by atoms with Gasteiger partial charge in [-0.15, -0.1) is 0 Å². The van der Waals surface area contributed by atoms with Crippen LogP contribution in [0, 0.1) is 0 Å². The van der Waals surface area contributed by atoms with Gasteiger partial charge in [-0.25, -0.2) is 9.36 Å². The van der Waals surface area contributed by atoms with Gasteiger partial charge in [0.1, 0.15) is 0 Å². The van der Waals surface area contributed by atoms with Gasteiger partial charge in [-0.1, -0.05) is 6.58 Å². The molecular weight excluding hydrogens is 227 g/mol. The Morgan fingerprint density at radius 2 is 1.73 bits per heavy atom. The van der Waals surface area contributed by atoms with Gasteiger partial charge < -0.3 is 14.7 Å². The molecule has 0 heterocycles. The zero-order chi connectivity index (χ0) is 11.7. The number of aliphatic hydroxyl groups excluding tert-OH is 2. The predicted molar refractivity (Wildman–Crippen MR) is 50.0 cm³/mol. The monoisotopic (exact) mass is 240 g/mol. The number of hydrogen-bond donors (Lipinski definition) is 2. The first-order chi connectivity index (χ1) is 7.08. The van der Waals surface area contributed by atoms with Gasteiger partial charge in [-0.2, -0.15) is 0 Å². The van der Waals surface area contributed by atoms with E-state index in [1.165, 1.54) is 0 Å². The lowest BCUT2D eigenvalue weighted by atomic mass is 10.7. The van der Waals surface area contributed by atoms with Crippen LogP contribution in [-0.4, -0.2) is 42.6 Å². The number of carbonyl (C=O) groups is 1. The number of carbonyl (C=O) groups excluding carboxylic acids is 1. The molecule has 0 spiro atoms. The lowest BCUT2D eigenvalue weighted by molar-refractivity contribution is -0.131. The van der Waals surface area contributed by atoms with Gasteiger partial charge in [-0.3, -0.25) is 9.05 Å². The summed E-state index contributed by atoms with van der Waals surface area (Å²) in [5, 5.41) is 16.9. The van der Waals surface area contributed by atoms with E-state index >= 15 is 0 Å². The van der Waals surface area contributed by atoms with Crippen molar-refractivity contribution in [3.63, 3.8) is 0 Å². The summed E-state index contributed by atoms with van der Waals surface area (Å²) in [4.78, 5) is 10.8. The maximum Gasteiger partial charge on any atom is 0.532 e. The van der Waals surface area contributed by atoms with Crippen molar-refractivity contribution in [1.82, 2.24) is 0 Å². The molecule has 0 saturated heterocycles. The molecule has 0 aliphatic carbocycles. The minimum absolute atomic E-state index is 0.312. The molecule has 0 aliphatic rings. The first kappa shape index (κ1) is 14.3. The van der Waals surface area contributed by atoms with Gasteiger partial charge in [-0.05, 0) is 0 Å². The summed E-state index contributed by atoms with van der Waals surface area (Å²) in [5.74, 6) is -0.978. The van der Waals surface area contributed by atoms with E-state index in [4.69, 9.17) is 10.2 Å². The summed E-state index contributed by atoms with van der Waals surface area (Å²) in [6.45, 7) is 1.67. The topological polar surface area (TPSA) is 102 Å². The van der Waals surface area contributed by atoms with Crippen LogP contribution in [0.5, 0.6) is 0 Å². The second-order valence-electron chi connectivity index (χ2n) is 2.18. The number of rotatable bonds is 8. The molecule has 2 N–H and O–H groups in total. The van der Waals surface area contributed by atoms with Gasteiger partial charge in [0.15, 0.2) is 0 Å². The predicted octanol–water partition coefficient (Wildman–Crippen LogP) is -0.159. The van der Waals surface area contributed by atoms with Gasteiger partial charge in [0, 0.05) is 6.08 Å². The second kappa shape index (κ2) is 7.56. The van der Waals surface area contributed by atoms with Crippen molar-refractivity contribution in [3.8, 4) is 0 Å². The number of aliphatic hydroxyl groups is 2. The highest BCUT2D eigenvalue weighted by Crippen LogP contribution is 2.49. The van der Waals surface area contributed by atoms with Crippen LogP contribution in [0.3, 0.4) is 0 Å². The second-order valence-corrected chi connectivity index (χ2v) is 3.77. The lowest BCUT2D eigenvalue weighted by Gasteiger charge is -2.15. The SMILES string of the molecule is C=CC(=O)OP(=O)(OCCO)OCCO. The molecule has 88 valence electrons. The number of phosphoric ester groups is 1. The van der Waals surface area contributed by atoms with Crippen LogP contribution < -0.4 is 0 Å². The third-order valence-electron chi connectivity index (χ3n) is 1.05. The molecule has 0 saturated carbocycles. The van der Waals surface area contributed by atoms with E-state index in [9.17, 15) is 9.36 Å². The summed E-state index contributed by atoms with van der Waals surface area (Å²) in [7, 11) is -4.07. The Bertz CT molecular complexity index is 240. The van der Waals surface area contributed by atoms with Gasteiger partial charge in [0.2, 0.25) is 0 Å². The Labute approximate surface area is 86.9 Å². The average molecular weight is 240 g/mol. The van der Waals surface area contributed by atoms with Crippen LogP contribution in [0.4, 0.5) is 0 Å². The number of phosphoric acid groups is 1. The van der Waals surface area contributed by atoms with E-state index in [1.54, 1.807) is 0 Å². The molecule has 0 bridgehead atoms. The van der Waals surface area contributed by atoms with Crippen molar-refractivity contribution < 1.29 is 33.1 Å². The Balaban J connectivity index is 4.32. The highest BCUT2D eigenvalue weighted by atomic mass is 31.2. The smallest absolute Gasteiger partial charge is 0.394 e. The van der Waals surface area contributed by atoms with Crippen LogP contribution in [0.2, 0.25) is 0 Å². The highest BCUT2D eigenvalue weighted by molar-refractivity contribution is 7.49. The molecule has 0 rings (SSSR count). The molecule has 0 radical (unpaired) electrons. The lowest BCUT2D eigenvalue weighted by Crippen LogP contribution is -2.09. The van der Waals surface area contributed by atoms with Crippen molar-refractivity contribution in [1.29, 1.82) is 0 Å². The summed E-state index contributed by atoms with van der Waals surface area (Å²) in [5.41, 5.74) is 0. The molecule has 0 aromatic heterocycles. The van der Waals surface area contributed by atoms with Gasteiger partial charge >= 0.3 is 13.8 Å². The molecule has 7 nitrogen and oxygen atoms in total.